The molecule has 0 aromatic heterocycles. The van der Waals surface area contributed by atoms with Gasteiger partial charge in [0.15, 0.2) is 18.1 Å². The lowest BCUT2D eigenvalue weighted by atomic mass is 10.2. The number of ether oxygens (including phenoxy) is 4. The second-order valence-corrected chi connectivity index (χ2v) is 9.51. The number of carbonyl (C=O) groups is 3. The van der Waals surface area contributed by atoms with Crippen molar-refractivity contribution < 1.29 is 33.3 Å². The van der Waals surface area contributed by atoms with Crippen molar-refractivity contribution in [2.24, 2.45) is 0 Å². The van der Waals surface area contributed by atoms with E-state index in [4.69, 9.17) is 26.4 Å². The van der Waals surface area contributed by atoms with Gasteiger partial charge in [-0.05, 0) is 39.7 Å². The zero-order valence-corrected chi connectivity index (χ0v) is 21.3. The van der Waals surface area contributed by atoms with E-state index in [1.807, 2.05) is 0 Å². The number of carbonyl (C=O) groups excluding carboxylic acids is 3. The van der Waals surface area contributed by atoms with Crippen LogP contribution in [0.5, 0.6) is 11.5 Å². The second-order valence-electron chi connectivity index (χ2n) is 6.98. The number of thioether (sulfide) groups is 1. The van der Waals surface area contributed by atoms with E-state index in [1.54, 1.807) is 23.1 Å². The summed E-state index contributed by atoms with van der Waals surface area (Å²) in [6.07, 6.45) is 1.75. The van der Waals surface area contributed by atoms with E-state index in [9.17, 15) is 14.4 Å². The van der Waals surface area contributed by atoms with Gasteiger partial charge >= 0.3 is 5.97 Å². The molecule has 0 bridgehead atoms. The van der Waals surface area contributed by atoms with Gasteiger partial charge in [0.1, 0.15) is 4.32 Å². The maximum atomic E-state index is 12.7. The minimum atomic E-state index is -0.413. The monoisotopic (exact) mass is 558 g/mol. The molecule has 12 heteroatoms. The first-order valence-electron chi connectivity index (χ1n) is 10.0. The van der Waals surface area contributed by atoms with Gasteiger partial charge in [-0.1, -0.05) is 24.0 Å². The lowest BCUT2D eigenvalue weighted by Gasteiger charge is -2.27. The number of halogens is 1. The van der Waals surface area contributed by atoms with Gasteiger partial charge in [-0.3, -0.25) is 19.3 Å². The maximum Gasteiger partial charge on any atom is 0.307 e. The number of esters is 1. The van der Waals surface area contributed by atoms with Crippen LogP contribution in [0.15, 0.2) is 21.5 Å². The third kappa shape index (κ3) is 6.46. The molecule has 33 heavy (non-hydrogen) atoms. The summed E-state index contributed by atoms with van der Waals surface area (Å²) in [7, 11) is 2.79. The van der Waals surface area contributed by atoms with E-state index in [0.29, 0.717) is 57.1 Å². The summed E-state index contributed by atoms with van der Waals surface area (Å²) >= 11 is 9.91. The van der Waals surface area contributed by atoms with E-state index in [2.05, 4.69) is 20.7 Å². The molecule has 0 aliphatic carbocycles. The van der Waals surface area contributed by atoms with Gasteiger partial charge in [-0.2, -0.15) is 0 Å². The highest BCUT2D eigenvalue weighted by molar-refractivity contribution is 9.10. The van der Waals surface area contributed by atoms with Crippen LogP contribution in [0, 0.1) is 0 Å². The summed E-state index contributed by atoms with van der Waals surface area (Å²) in [6, 6.07) is 3.47. The van der Waals surface area contributed by atoms with Gasteiger partial charge < -0.3 is 23.8 Å². The quantitative estimate of drug-likeness (QED) is 0.271. The zero-order valence-electron chi connectivity index (χ0n) is 18.1. The minimum Gasteiger partial charge on any atom is -0.493 e. The Kier molecular flexibility index (Phi) is 9.12. The average Bonchev–Trinajstić information content (AvgIpc) is 3.08. The number of hydrogen-bond acceptors (Lipinski definition) is 9. The van der Waals surface area contributed by atoms with E-state index in [0.717, 1.165) is 11.8 Å². The SMILES string of the molecule is COC(=O)CCN1C(=O)/C(=C\c2cc(Br)c(OCC(=O)N3CCOCC3)c(OC)c2)SC1=S. The normalized spacial score (nSPS) is 17.5. The third-order valence-electron chi connectivity index (χ3n) is 4.89. The van der Waals surface area contributed by atoms with Crippen molar-refractivity contribution in [2.45, 2.75) is 6.42 Å². The lowest BCUT2D eigenvalue weighted by molar-refractivity contribution is -0.141. The van der Waals surface area contributed by atoms with Crippen molar-refractivity contribution in [3.63, 3.8) is 0 Å². The minimum absolute atomic E-state index is 0.0603. The van der Waals surface area contributed by atoms with Crippen molar-refractivity contribution in [3.05, 3.63) is 27.1 Å². The topological polar surface area (TPSA) is 94.6 Å². The van der Waals surface area contributed by atoms with Crippen molar-refractivity contribution >= 4 is 68.1 Å². The molecule has 178 valence electrons. The number of rotatable bonds is 8. The highest BCUT2D eigenvalue weighted by atomic mass is 79.9. The third-order valence-corrected chi connectivity index (χ3v) is 6.86. The number of amides is 2. The Bertz CT molecular complexity index is 980. The van der Waals surface area contributed by atoms with Crippen LogP contribution in [0.2, 0.25) is 0 Å². The summed E-state index contributed by atoms with van der Waals surface area (Å²) in [5.74, 6) is -0.0229. The van der Waals surface area contributed by atoms with Crippen LogP contribution >= 0.6 is 39.9 Å². The highest BCUT2D eigenvalue weighted by Gasteiger charge is 2.32. The molecule has 2 aliphatic rings. The predicted octanol–water partition coefficient (Wildman–Crippen LogP) is 2.46. The molecule has 2 fully saturated rings. The molecule has 9 nitrogen and oxygen atoms in total. The first-order valence-corrected chi connectivity index (χ1v) is 12.0. The molecule has 2 aliphatic heterocycles. The number of hydrogen-bond donors (Lipinski definition) is 0. The van der Waals surface area contributed by atoms with Crippen molar-refractivity contribution in [2.75, 3.05) is 53.7 Å². The molecule has 0 spiro atoms. The van der Waals surface area contributed by atoms with Crippen LogP contribution in [0.4, 0.5) is 0 Å². The van der Waals surface area contributed by atoms with Crippen molar-refractivity contribution in [1.29, 1.82) is 0 Å². The number of nitrogens with zero attached hydrogens (tertiary/aromatic N) is 2. The Morgan fingerprint density at radius 2 is 2.00 bits per heavy atom. The van der Waals surface area contributed by atoms with Gasteiger partial charge in [0.25, 0.3) is 11.8 Å². The largest absolute Gasteiger partial charge is 0.493 e. The van der Waals surface area contributed by atoms with Gasteiger partial charge in [-0.15, -0.1) is 0 Å². The molecule has 2 amide bonds. The lowest BCUT2D eigenvalue weighted by Crippen LogP contribution is -2.43. The number of methoxy groups -OCH3 is 2. The van der Waals surface area contributed by atoms with E-state index >= 15 is 0 Å². The maximum absolute atomic E-state index is 12.7. The molecule has 0 saturated carbocycles. The number of thiocarbonyl (C=S) groups is 1. The van der Waals surface area contributed by atoms with Gasteiger partial charge in [0, 0.05) is 19.6 Å². The summed E-state index contributed by atoms with van der Waals surface area (Å²) in [4.78, 5) is 40.0. The summed E-state index contributed by atoms with van der Waals surface area (Å²) in [5.41, 5.74) is 0.680. The average molecular weight is 559 g/mol. The smallest absolute Gasteiger partial charge is 0.307 e. The fourth-order valence-electron chi connectivity index (χ4n) is 3.15. The number of morpholine rings is 1. The summed E-state index contributed by atoms with van der Waals surface area (Å²) in [6.45, 7) is 2.14. The Labute approximate surface area is 209 Å². The van der Waals surface area contributed by atoms with Crippen LogP contribution in [-0.4, -0.2) is 85.6 Å². The predicted molar refractivity (Wildman–Crippen MR) is 130 cm³/mol. The van der Waals surface area contributed by atoms with Crippen LogP contribution in [0.1, 0.15) is 12.0 Å². The molecule has 0 N–H and O–H groups in total. The van der Waals surface area contributed by atoms with E-state index in [1.165, 1.54) is 19.1 Å². The van der Waals surface area contributed by atoms with E-state index in [-0.39, 0.29) is 31.4 Å². The van der Waals surface area contributed by atoms with Crippen LogP contribution in [0.25, 0.3) is 6.08 Å². The van der Waals surface area contributed by atoms with Crippen molar-refractivity contribution in [1.82, 2.24) is 9.80 Å². The first-order chi connectivity index (χ1) is 15.8. The Morgan fingerprint density at radius 3 is 2.67 bits per heavy atom. The van der Waals surface area contributed by atoms with Crippen molar-refractivity contribution in [3.8, 4) is 11.5 Å². The number of benzene rings is 1. The molecular weight excluding hydrogens is 536 g/mol. The molecule has 3 rings (SSSR count). The fourth-order valence-corrected chi connectivity index (χ4v) is 5.03. The Balaban J connectivity index is 1.71. The van der Waals surface area contributed by atoms with Gasteiger partial charge in [0.2, 0.25) is 0 Å². The zero-order chi connectivity index (χ0) is 24.0. The first kappa shape index (κ1) is 25.5. The molecule has 2 saturated heterocycles. The molecule has 0 atom stereocenters. The van der Waals surface area contributed by atoms with Crippen LogP contribution < -0.4 is 9.47 Å². The Morgan fingerprint density at radius 1 is 1.27 bits per heavy atom. The second kappa shape index (κ2) is 11.8. The van der Waals surface area contributed by atoms with E-state index < -0.39 is 5.97 Å². The highest BCUT2D eigenvalue weighted by Crippen LogP contribution is 2.39. The molecular formula is C21H23BrN2O7S2. The molecule has 0 unspecified atom stereocenters. The summed E-state index contributed by atoms with van der Waals surface area (Å²) < 4.78 is 22.0. The molecule has 2 heterocycles. The van der Waals surface area contributed by atoms with Crippen LogP contribution in [0.3, 0.4) is 0 Å². The molecule has 1 aromatic rings. The van der Waals surface area contributed by atoms with Gasteiger partial charge in [0.05, 0.1) is 43.2 Å². The molecule has 1 aromatic carbocycles. The standard InChI is InChI=1S/C21H23BrN2O7S2/c1-28-15-10-13(11-16-20(27)24(21(32)33-16)4-3-18(26)29-2)9-14(22)19(15)31-12-17(25)23-5-7-30-8-6-23/h9-11H,3-8,12H2,1-2H3/b16-11+. The molecule has 0 radical (unpaired) electrons. The Hall–Kier alpha value is -2.15. The fraction of sp³-hybridized carbons (Fsp3) is 0.429. The van der Waals surface area contributed by atoms with Crippen LogP contribution in [-0.2, 0) is 23.9 Å². The summed E-state index contributed by atoms with van der Waals surface area (Å²) in [5, 5.41) is 0. The van der Waals surface area contributed by atoms with Gasteiger partial charge in [-0.25, -0.2) is 0 Å².